The van der Waals surface area contributed by atoms with Gasteiger partial charge in [0.1, 0.15) is 11.7 Å². The standard InChI is InChI=1S/C22H30O8/c1-11-15(23)30-22-16(24)28-13-9-12(18(2,3)4)19(10-14(26-5)29-17(19)27-6)20(13,22)7-8-21(11,22)25/h7-8,11-14,17,25H,9-10H2,1-6H3/t11-,12+,13-,14+,17-,19-,20-,21+,22-/m1/s1. The van der Waals surface area contributed by atoms with Gasteiger partial charge in [-0.25, -0.2) is 4.79 Å². The molecule has 1 N–H and O–H groups in total. The molecule has 4 fully saturated rings. The van der Waals surface area contributed by atoms with Gasteiger partial charge >= 0.3 is 11.9 Å². The monoisotopic (exact) mass is 422 g/mol. The van der Waals surface area contributed by atoms with Crippen LogP contribution in [-0.2, 0) is 33.3 Å². The second-order valence-corrected chi connectivity index (χ2v) is 10.5. The molecule has 0 bridgehead atoms. The number of esters is 2. The smallest absolute Gasteiger partial charge is 0.355 e. The minimum atomic E-state index is -1.86. The third-order valence-corrected chi connectivity index (χ3v) is 8.62. The molecule has 3 aliphatic heterocycles. The molecular formula is C22H30O8. The number of hydrogen-bond donors (Lipinski definition) is 1. The SMILES string of the molecule is CO[C@@H]1C[C@]2([C@H](OC)O1)[C@H](C(C)(C)C)C[C@H]1OC(=O)[C@]34OC(=O)[C@@H](C)[C@@]3(O)C=C[C@@]124. The Labute approximate surface area is 175 Å². The third-order valence-electron chi connectivity index (χ3n) is 8.62. The van der Waals surface area contributed by atoms with Crippen molar-refractivity contribution >= 4 is 11.9 Å². The molecule has 5 aliphatic rings. The highest BCUT2D eigenvalue weighted by Crippen LogP contribution is 2.79. The maximum absolute atomic E-state index is 13.4. The molecule has 0 radical (unpaired) electrons. The van der Waals surface area contributed by atoms with Gasteiger partial charge in [-0.2, -0.15) is 0 Å². The summed E-state index contributed by atoms with van der Waals surface area (Å²) in [5.74, 6) is -2.22. The van der Waals surface area contributed by atoms with Crippen LogP contribution in [0.15, 0.2) is 12.2 Å². The highest BCUT2D eigenvalue weighted by atomic mass is 16.8. The van der Waals surface area contributed by atoms with Crippen LogP contribution in [-0.4, -0.2) is 61.2 Å². The third kappa shape index (κ3) is 1.78. The van der Waals surface area contributed by atoms with Gasteiger partial charge in [-0.3, -0.25) is 4.79 Å². The number of carbonyl (C=O) groups excluding carboxylic acids is 2. The van der Waals surface area contributed by atoms with Crippen LogP contribution in [0.25, 0.3) is 0 Å². The molecule has 1 saturated carbocycles. The maximum Gasteiger partial charge on any atom is 0.355 e. The van der Waals surface area contributed by atoms with E-state index in [9.17, 15) is 14.7 Å². The normalized spacial score (nSPS) is 53.8. The molecule has 0 aromatic carbocycles. The van der Waals surface area contributed by atoms with Crippen LogP contribution in [0.4, 0.5) is 0 Å². The van der Waals surface area contributed by atoms with Crippen molar-refractivity contribution in [3.63, 3.8) is 0 Å². The molecule has 9 atom stereocenters. The first-order valence-corrected chi connectivity index (χ1v) is 10.5. The minimum Gasteiger partial charge on any atom is -0.458 e. The molecule has 3 saturated heterocycles. The number of rotatable bonds is 2. The van der Waals surface area contributed by atoms with Crippen LogP contribution in [0.1, 0.15) is 40.5 Å². The number of methoxy groups -OCH3 is 2. The lowest BCUT2D eigenvalue weighted by molar-refractivity contribution is -0.246. The predicted molar refractivity (Wildman–Crippen MR) is 102 cm³/mol. The maximum atomic E-state index is 13.4. The van der Waals surface area contributed by atoms with Crippen LogP contribution < -0.4 is 0 Å². The summed E-state index contributed by atoms with van der Waals surface area (Å²) in [6, 6.07) is 0. The minimum absolute atomic E-state index is 0.0216. The van der Waals surface area contributed by atoms with Gasteiger partial charge in [-0.15, -0.1) is 0 Å². The first-order chi connectivity index (χ1) is 14.0. The molecule has 3 spiro atoms. The second kappa shape index (κ2) is 5.65. The van der Waals surface area contributed by atoms with Crippen LogP contribution >= 0.6 is 0 Å². The number of hydrogen-bond acceptors (Lipinski definition) is 8. The van der Waals surface area contributed by atoms with E-state index in [0.717, 1.165) is 0 Å². The Kier molecular flexibility index (Phi) is 3.85. The number of aliphatic hydroxyl groups is 1. The van der Waals surface area contributed by atoms with Crippen molar-refractivity contribution in [2.24, 2.45) is 28.1 Å². The molecule has 0 aromatic heterocycles. The van der Waals surface area contributed by atoms with E-state index in [1.165, 1.54) is 0 Å². The van der Waals surface area contributed by atoms with Crippen LogP contribution in [0, 0.1) is 28.1 Å². The fourth-order valence-electron chi connectivity index (χ4n) is 7.48. The first kappa shape index (κ1) is 20.4. The summed E-state index contributed by atoms with van der Waals surface area (Å²) in [6.45, 7) is 7.98. The Hall–Kier alpha value is -1.48. The van der Waals surface area contributed by atoms with E-state index in [0.29, 0.717) is 12.8 Å². The summed E-state index contributed by atoms with van der Waals surface area (Å²) in [7, 11) is 3.13. The van der Waals surface area contributed by atoms with Gasteiger partial charge < -0.3 is 28.8 Å². The van der Waals surface area contributed by atoms with Crippen LogP contribution in [0.5, 0.6) is 0 Å². The van der Waals surface area contributed by atoms with E-state index in [1.807, 2.05) is 6.08 Å². The van der Waals surface area contributed by atoms with Gasteiger partial charge in [0.2, 0.25) is 0 Å². The lowest BCUT2D eigenvalue weighted by Crippen LogP contribution is -2.67. The van der Waals surface area contributed by atoms with Gasteiger partial charge in [0.05, 0.1) is 11.3 Å². The molecule has 8 nitrogen and oxygen atoms in total. The molecule has 8 heteroatoms. The first-order valence-electron chi connectivity index (χ1n) is 10.5. The Morgan fingerprint density at radius 1 is 1.17 bits per heavy atom. The Morgan fingerprint density at radius 3 is 2.47 bits per heavy atom. The Morgan fingerprint density at radius 2 is 1.87 bits per heavy atom. The number of carbonyl (C=O) groups is 2. The van der Waals surface area contributed by atoms with Crippen molar-refractivity contribution in [3.05, 3.63) is 12.2 Å². The van der Waals surface area contributed by atoms with Gasteiger partial charge in [-0.1, -0.05) is 32.9 Å². The molecule has 3 heterocycles. The quantitative estimate of drug-likeness (QED) is 0.529. The zero-order valence-corrected chi connectivity index (χ0v) is 18.3. The van der Waals surface area contributed by atoms with E-state index < -0.39 is 58.6 Å². The van der Waals surface area contributed by atoms with Crippen LogP contribution in [0.3, 0.4) is 0 Å². The van der Waals surface area contributed by atoms with Crippen molar-refractivity contribution in [3.8, 4) is 0 Å². The molecule has 2 aliphatic carbocycles. The fraction of sp³-hybridized carbons (Fsp3) is 0.818. The van der Waals surface area contributed by atoms with Gasteiger partial charge in [-0.05, 0) is 24.7 Å². The largest absolute Gasteiger partial charge is 0.458 e. The molecule has 166 valence electrons. The van der Waals surface area contributed by atoms with Crippen molar-refractivity contribution in [1.82, 2.24) is 0 Å². The average molecular weight is 422 g/mol. The second-order valence-electron chi connectivity index (χ2n) is 10.5. The summed E-state index contributed by atoms with van der Waals surface area (Å²) < 4.78 is 29.3. The van der Waals surface area contributed by atoms with E-state index >= 15 is 0 Å². The van der Waals surface area contributed by atoms with Gasteiger partial charge in [0.25, 0.3) is 5.60 Å². The summed E-state index contributed by atoms with van der Waals surface area (Å²) in [5.41, 5.74) is -5.80. The number of ether oxygens (including phenoxy) is 5. The summed E-state index contributed by atoms with van der Waals surface area (Å²) >= 11 is 0. The molecule has 0 aromatic rings. The summed E-state index contributed by atoms with van der Waals surface area (Å²) in [6.07, 6.45) is 2.53. The molecular weight excluding hydrogens is 392 g/mol. The van der Waals surface area contributed by atoms with Crippen molar-refractivity contribution in [2.45, 2.75) is 70.4 Å². The predicted octanol–water partition coefficient (Wildman–Crippen LogP) is 1.55. The van der Waals surface area contributed by atoms with Crippen molar-refractivity contribution < 1.29 is 38.4 Å². The highest BCUT2D eigenvalue weighted by molar-refractivity contribution is 5.96. The van der Waals surface area contributed by atoms with Crippen molar-refractivity contribution in [2.75, 3.05) is 14.2 Å². The van der Waals surface area contributed by atoms with E-state index in [4.69, 9.17) is 23.7 Å². The summed E-state index contributed by atoms with van der Waals surface area (Å²) in [4.78, 5) is 26.1. The highest BCUT2D eigenvalue weighted by Gasteiger charge is 2.93. The zero-order valence-electron chi connectivity index (χ0n) is 18.3. The molecule has 30 heavy (non-hydrogen) atoms. The molecule has 5 rings (SSSR count). The van der Waals surface area contributed by atoms with Crippen molar-refractivity contribution in [1.29, 1.82) is 0 Å². The van der Waals surface area contributed by atoms with E-state index in [2.05, 4.69) is 20.8 Å². The fourth-order valence-corrected chi connectivity index (χ4v) is 7.48. The molecule has 0 unspecified atom stereocenters. The van der Waals surface area contributed by atoms with Gasteiger partial charge in [0.15, 0.2) is 12.6 Å². The lowest BCUT2D eigenvalue weighted by Gasteiger charge is -2.52. The average Bonchev–Trinajstić information content (AvgIpc) is 3.37. The Balaban J connectivity index is 1.82. The zero-order chi connectivity index (χ0) is 21.9. The molecule has 0 amide bonds. The lowest BCUT2D eigenvalue weighted by atomic mass is 9.50. The van der Waals surface area contributed by atoms with Crippen LogP contribution in [0.2, 0.25) is 0 Å². The summed E-state index contributed by atoms with van der Waals surface area (Å²) in [5, 5.41) is 11.7. The Bertz CT molecular complexity index is 847. The van der Waals surface area contributed by atoms with E-state index in [-0.39, 0.29) is 11.3 Å². The van der Waals surface area contributed by atoms with Gasteiger partial charge in [0, 0.05) is 26.1 Å². The topological polar surface area (TPSA) is 101 Å². The van der Waals surface area contributed by atoms with E-state index in [1.54, 1.807) is 27.2 Å².